The van der Waals surface area contributed by atoms with Crippen LogP contribution < -0.4 is 5.32 Å². The molecule has 3 heterocycles. The summed E-state index contributed by atoms with van der Waals surface area (Å²) in [5.74, 6) is 0.218. The lowest BCUT2D eigenvalue weighted by Crippen LogP contribution is -2.54. The lowest BCUT2D eigenvalue weighted by molar-refractivity contribution is -0.121. The zero-order chi connectivity index (χ0) is 22.9. The molecule has 0 spiro atoms. The quantitative estimate of drug-likeness (QED) is 0.612. The van der Waals surface area contributed by atoms with Gasteiger partial charge in [-0.2, -0.15) is 4.31 Å². The lowest BCUT2D eigenvalue weighted by atomic mass is 10.2. The van der Waals surface area contributed by atoms with E-state index in [0.717, 1.165) is 10.9 Å². The third kappa shape index (κ3) is 4.61. The second kappa shape index (κ2) is 9.11. The molecule has 1 fully saturated rings. The molecular formula is C22H24ClN5O3S. The number of pyridine rings is 2. The molecule has 1 aliphatic rings. The fourth-order valence-corrected chi connectivity index (χ4v) is 5.47. The number of para-hydroxylation sites is 1. The topological polar surface area (TPSA) is 95.5 Å². The van der Waals surface area contributed by atoms with E-state index in [2.05, 4.69) is 15.3 Å². The van der Waals surface area contributed by atoms with Gasteiger partial charge in [-0.05, 0) is 43.7 Å². The smallest absolute Gasteiger partial charge is 0.245 e. The van der Waals surface area contributed by atoms with Crippen molar-refractivity contribution in [2.75, 3.05) is 31.5 Å². The third-order valence-electron chi connectivity index (χ3n) is 5.61. The Morgan fingerprint density at radius 3 is 2.53 bits per heavy atom. The van der Waals surface area contributed by atoms with Crippen molar-refractivity contribution in [1.82, 2.24) is 19.2 Å². The van der Waals surface area contributed by atoms with Crippen LogP contribution >= 0.6 is 11.6 Å². The van der Waals surface area contributed by atoms with Gasteiger partial charge < -0.3 is 5.32 Å². The second-order valence-electron chi connectivity index (χ2n) is 7.81. The van der Waals surface area contributed by atoms with Crippen molar-refractivity contribution in [3.8, 4) is 0 Å². The Kier molecular flexibility index (Phi) is 6.43. The van der Waals surface area contributed by atoms with E-state index in [1.807, 2.05) is 24.0 Å². The summed E-state index contributed by atoms with van der Waals surface area (Å²) in [6.45, 7) is 5.20. The van der Waals surface area contributed by atoms with Crippen LogP contribution in [-0.2, 0) is 14.8 Å². The first-order valence-electron chi connectivity index (χ1n) is 10.3. The molecule has 0 saturated carbocycles. The van der Waals surface area contributed by atoms with Crippen LogP contribution in [0.1, 0.15) is 12.5 Å². The Morgan fingerprint density at radius 1 is 1.09 bits per heavy atom. The minimum Gasteiger partial charge on any atom is -0.309 e. The molecular weight excluding hydrogens is 450 g/mol. The molecule has 0 bridgehead atoms. The number of sulfonamides is 1. The zero-order valence-electron chi connectivity index (χ0n) is 17.8. The first-order chi connectivity index (χ1) is 15.3. The van der Waals surface area contributed by atoms with Crippen LogP contribution in [0, 0.1) is 6.92 Å². The molecule has 0 radical (unpaired) electrons. The van der Waals surface area contributed by atoms with Gasteiger partial charge in [-0.15, -0.1) is 0 Å². The van der Waals surface area contributed by atoms with Crippen molar-refractivity contribution in [3.63, 3.8) is 0 Å². The number of hydrogen-bond acceptors (Lipinski definition) is 6. The number of anilines is 1. The monoisotopic (exact) mass is 473 g/mol. The van der Waals surface area contributed by atoms with Crippen LogP contribution in [0.3, 0.4) is 0 Å². The maximum absolute atomic E-state index is 13.3. The molecule has 3 aromatic rings. The molecule has 8 nitrogen and oxygen atoms in total. The number of benzene rings is 1. The zero-order valence-corrected chi connectivity index (χ0v) is 19.4. The Morgan fingerprint density at radius 2 is 1.84 bits per heavy atom. The number of carbonyl (C=O) groups excluding carboxylic acids is 1. The number of nitrogens with one attached hydrogen (secondary N) is 1. The van der Waals surface area contributed by atoms with Gasteiger partial charge in [0.05, 0.1) is 16.6 Å². The summed E-state index contributed by atoms with van der Waals surface area (Å²) in [6.07, 6.45) is 3.14. The normalized spacial score (nSPS) is 16.7. The van der Waals surface area contributed by atoms with Crippen molar-refractivity contribution in [2.24, 2.45) is 0 Å². The Balaban J connectivity index is 1.44. The van der Waals surface area contributed by atoms with E-state index in [0.29, 0.717) is 42.5 Å². The number of halogens is 1. The molecule has 1 aliphatic heterocycles. The van der Waals surface area contributed by atoms with E-state index < -0.39 is 16.1 Å². The molecule has 168 valence electrons. The van der Waals surface area contributed by atoms with Gasteiger partial charge in [0.25, 0.3) is 0 Å². The predicted molar refractivity (Wildman–Crippen MR) is 124 cm³/mol. The van der Waals surface area contributed by atoms with Crippen LogP contribution in [0.4, 0.5) is 5.82 Å². The predicted octanol–water partition coefficient (Wildman–Crippen LogP) is 2.93. The van der Waals surface area contributed by atoms with Crippen LogP contribution in [0.15, 0.2) is 53.7 Å². The van der Waals surface area contributed by atoms with E-state index in [9.17, 15) is 13.2 Å². The summed E-state index contributed by atoms with van der Waals surface area (Å²) < 4.78 is 28.1. The molecule has 1 atom stereocenters. The van der Waals surface area contributed by atoms with Crippen molar-refractivity contribution in [1.29, 1.82) is 0 Å². The fraction of sp³-hybridized carbons (Fsp3) is 0.318. The fourth-order valence-electron chi connectivity index (χ4n) is 3.77. The molecule has 0 unspecified atom stereocenters. The first kappa shape index (κ1) is 22.6. The highest BCUT2D eigenvalue weighted by Crippen LogP contribution is 2.26. The Labute approximate surface area is 192 Å². The standard InChI is InChI=1S/C22H24ClN5O3S/c1-15-12-17-4-3-5-19(21(17)25-13-15)32(30,31)28-10-8-27(9-11-28)16(2)22(29)26-20-7-6-18(23)14-24-20/h3-7,12-14,16H,8-11H2,1-2H3,(H,24,26,29)/t16-/m0/s1. The first-order valence-corrected chi connectivity index (χ1v) is 12.1. The number of piperazine rings is 1. The highest BCUT2D eigenvalue weighted by molar-refractivity contribution is 7.89. The van der Waals surface area contributed by atoms with Crippen LogP contribution in [0.5, 0.6) is 0 Å². The van der Waals surface area contributed by atoms with E-state index in [4.69, 9.17) is 11.6 Å². The summed E-state index contributed by atoms with van der Waals surface area (Å²) in [4.78, 5) is 23.2. The third-order valence-corrected chi connectivity index (χ3v) is 7.76. The van der Waals surface area contributed by atoms with Crippen molar-refractivity contribution >= 4 is 44.3 Å². The van der Waals surface area contributed by atoms with Gasteiger partial charge in [0.1, 0.15) is 10.7 Å². The van der Waals surface area contributed by atoms with Gasteiger partial charge >= 0.3 is 0 Å². The van der Waals surface area contributed by atoms with Gasteiger partial charge in [0.2, 0.25) is 15.9 Å². The minimum atomic E-state index is -3.70. The summed E-state index contributed by atoms with van der Waals surface area (Å²) in [6, 6.07) is 9.99. The van der Waals surface area contributed by atoms with E-state index in [1.54, 1.807) is 37.4 Å². The maximum Gasteiger partial charge on any atom is 0.245 e. The number of carbonyl (C=O) groups is 1. The van der Waals surface area contributed by atoms with Gasteiger partial charge in [-0.3, -0.25) is 14.7 Å². The van der Waals surface area contributed by atoms with Crippen molar-refractivity contribution in [2.45, 2.75) is 24.8 Å². The second-order valence-corrected chi connectivity index (χ2v) is 10.2. The molecule has 10 heteroatoms. The molecule has 1 amide bonds. The largest absolute Gasteiger partial charge is 0.309 e. The minimum absolute atomic E-state index is 0.204. The summed E-state index contributed by atoms with van der Waals surface area (Å²) in [5.41, 5.74) is 1.45. The highest BCUT2D eigenvalue weighted by atomic mass is 35.5. The SMILES string of the molecule is Cc1cnc2c(S(=O)(=O)N3CCN([C@@H](C)C(=O)Nc4ccc(Cl)cn4)CC3)cccc2c1. The van der Waals surface area contributed by atoms with Crippen LogP contribution in [0.2, 0.25) is 5.02 Å². The molecule has 32 heavy (non-hydrogen) atoms. The van der Waals surface area contributed by atoms with E-state index in [1.165, 1.54) is 10.5 Å². The molecule has 1 aromatic carbocycles. The average Bonchev–Trinajstić information content (AvgIpc) is 2.79. The number of amides is 1. The number of aryl methyl sites for hydroxylation is 1. The lowest BCUT2D eigenvalue weighted by Gasteiger charge is -2.36. The maximum atomic E-state index is 13.3. The van der Waals surface area contributed by atoms with Gasteiger partial charge in [-0.1, -0.05) is 23.7 Å². The van der Waals surface area contributed by atoms with Crippen molar-refractivity contribution in [3.05, 3.63) is 59.4 Å². The van der Waals surface area contributed by atoms with Crippen LogP contribution in [0.25, 0.3) is 10.9 Å². The molecule has 2 aromatic heterocycles. The molecule has 1 saturated heterocycles. The molecule has 0 aliphatic carbocycles. The van der Waals surface area contributed by atoms with E-state index in [-0.39, 0.29) is 10.8 Å². The highest BCUT2D eigenvalue weighted by Gasteiger charge is 2.33. The summed E-state index contributed by atoms with van der Waals surface area (Å²) in [5, 5.41) is 4.06. The number of aromatic nitrogens is 2. The molecule has 4 rings (SSSR count). The number of rotatable bonds is 5. The van der Waals surface area contributed by atoms with Gasteiger partial charge in [0.15, 0.2) is 0 Å². The van der Waals surface area contributed by atoms with E-state index >= 15 is 0 Å². The van der Waals surface area contributed by atoms with Crippen LogP contribution in [-0.4, -0.2) is 65.7 Å². The Bertz CT molecular complexity index is 1240. The average molecular weight is 474 g/mol. The number of nitrogens with zero attached hydrogens (tertiary/aromatic N) is 4. The summed E-state index contributed by atoms with van der Waals surface area (Å²) >= 11 is 5.83. The Hall–Kier alpha value is -2.59. The van der Waals surface area contributed by atoms with Gasteiger partial charge in [-0.25, -0.2) is 13.4 Å². The van der Waals surface area contributed by atoms with Gasteiger partial charge in [0, 0.05) is 44.0 Å². The molecule has 1 N–H and O–H groups in total. The number of hydrogen-bond donors (Lipinski definition) is 1. The van der Waals surface area contributed by atoms with Crippen molar-refractivity contribution < 1.29 is 13.2 Å². The number of fused-ring (bicyclic) bond motifs is 1. The summed E-state index contributed by atoms with van der Waals surface area (Å²) in [7, 11) is -3.70.